The second-order valence-electron chi connectivity index (χ2n) is 6.08. The molecule has 124 valence electrons. The summed E-state index contributed by atoms with van der Waals surface area (Å²) in [5, 5.41) is 10.6. The highest BCUT2D eigenvalue weighted by molar-refractivity contribution is 7.17. The summed E-state index contributed by atoms with van der Waals surface area (Å²) in [5.41, 5.74) is 0.477. The van der Waals surface area contributed by atoms with Crippen molar-refractivity contribution < 1.29 is 4.79 Å². The molecule has 0 spiro atoms. The van der Waals surface area contributed by atoms with Gasteiger partial charge in [0.1, 0.15) is 11.5 Å². The minimum atomic E-state index is -0.0906. The van der Waals surface area contributed by atoms with Crippen molar-refractivity contribution in [1.82, 2.24) is 20.1 Å². The van der Waals surface area contributed by atoms with Crippen molar-refractivity contribution in [1.29, 1.82) is 0 Å². The normalized spacial score (nSPS) is 15.8. The molecule has 0 unspecified atom stereocenters. The minimum Gasteiger partial charge on any atom is -0.356 e. The number of nitrogens with one attached hydrogen (secondary N) is 1. The van der Waals surface area contributed by atoms with Gasteiger partial charge in [-0.05, 0) is 36.4 Å². The fourth-order valence-corrected chi connectivity index (χ4v) is 3.94. The maximum Gasteiger partial charge on any atom is 0.271 e. The molecule has 0 radical (unpaired) electrons. The van der Waals surface area contributed by atoms with Gasteiger partial charge in [0, 0.05) is 48.7 Å². The number of piperidine rings is 1. The Labute approximate surface area is 144 Å². The Kier molecular flexibility index (Phi) is 3.93. The van der Waals surface area contributed by atoms with E-state index in [2.05, 4.69) is 37.8 Å². The molecule has 1 fully saturated rings. The number of aryl methyl sites for hydroxylation is 1. The first kappa shape index (κ1) is 15.1. The molecule has 6 nitrogen and oxygen atoms in total. The number of rotatable bonds is 3. The largest absolute Gasteiger partial charge is 0.356 e. The Morgan fingerprint density at radius 1 is 1.29 bits per heavy atom. The van der Waals surface area contributed by atoms with Crippen LogP contribution in [0.1, 0.15) is 23.3 Å². The van der Waals surface area contributed by atoms with Crippen LogP contribution in [0.2, 0.25) is 0 Å². The van der Waals surface area contributed by atoms with Crippen LogP contribution in [0.25, 0.3) is 10.1 Å². The molecule has 4 heterocycles. The molecule has 3 aromatic heterocycles. The third kappa shape index (κ3) is 2.87. The number of pyridine rings is 1. The molecule has 3 aromatic rings. The van der Waals surface area contributed by atoms with Crippen molar-refractivity contribution in [3.8, 4) is 0 Å². The number of carbonyl (C=O) groups excluding carboxylic acids is 1. The van der Waals surface area contributed by atoms with Crippen molar-refractivity contribution in [3.05, 3.63) is 41.7 Å². The molecule has 0 aromatic carbocycles. The van der Waals surface area contributed by atoms with Gasteiger partial charge < -0.3 is 10.2 Å². The van der Waals surface area contributed by atoms with Gasteiger partial charge in [-0.25, -0.2) is 4.98 Å². The van der Waals surface area contributed by atoms with Crippen LogP contribution in [0.5, 0.6) is 0 Å². The van der Waals surface area contributed by atoms with Crippen LogP contribution in [-0.4, -0.2) is 39.8 Å². The van der Waals surface area contributed by atoms with Crippen LogP contribution in [0.15, 0.2) is 36.0 Å². The van der Waals surface area contributed by atoms with Crippen molar-refractivity contribution >= 4 is 33.1 Å². The number of fused-ring (bicyclic) bond motifs is 1. The van der Waals surface area contributed by atoms with Gasteiger partial charge in [-0.1, -0.05) is 0 Å². The topological polar surface area (TPSA) is 63.1 Å². The van der Waals surface area contributed by atoms with E-state index in [1.54, 1.807) is 28.3 Å². The smallest absolute Gasteiger partial charge is 0.271 e. The molecule has 24 heavy (non-hydrogen) atoms. The lowest BCUT2D eigenvalue weighted by Crippen LogP contribution is -2.45. The molecule has 0 aliphatic carbocycles. The van der Waals surface area contributed by atoms with Crippen molar-refractivity contribution in [2.75, 3.05) is 18.0 Å². The Morgan fingerprint density at radius 3 is 2.88 bits per heavy atom. The van der Waals surface area contributed by atoms with Gasteiger partial charge in [0.25, 0.3) is 5.91 Å². The third-order valence-corrected chi connectivity index (χ3v) is 5.32. The second kappa shape index (κ2) is 6.24. The summed E-state index contributed by atoms with van der Waals surface area (Å²) in [4.78, 5) is 19.1. The molecule has 1 aliphatic rings. The standard InChI is InChI=1S/C17H19N5OS/c1-21-8-5-14(20-21)17(23)19-12-3-9-22(10-4-12)16-13-6-11-24-15(13)2-7-18-16/h2,5-8,11-12H,3-4,9-10H2,1H3,(H,19,23). The van der Waals surface area contributed by atoms with E-state index in [4.69, 9.17) is 0 Å². The molecule has 1 saturated heterocycles. The number of hydrogen-bond donors (Lipinski definition) is 1. The fourth-order valence-electron chi connectivity index (χ4n) is 3.16. The monoisotopic (exact) mass is 341 g/mol. The summed E-state index contributed by atoms with van der Waals surface area (Å²) in [5.74, 6) is 0.968. The van der Waals surface area contributed by atoms with E-state index in [9.17, 15) is 4.79 Å². The van der Waals surface area contributed by atoms with Crippen molar-refractivity contribution in [3.63, 3.8) is 0 Å². The second-order valence-corrected chi connectivity index (χ2v) is 7.02. The average molecular weight is 341 g/mol. The lowest BCUT2D eigenvalue weighted by Gasteiger charge is -2.33. The van der Waals surface area contributed by atoms with Gasteiger partial charge >= 0.3 is 0 Å². The maximum atomic E-state index is 12.2. The predicted molar refractivity (Wildman–Crippen MR) is 95.5 cm³/mol. The maximum absolute atomic E-state index is 12.2. The molecular formula is C17H19N5OS. The van der Waals surface area contributed by atoms with Gasteiger partial charge in [0.2, 0.25) is 0 Å². The lowest BCUT2D eigenvalue weighted by molar-refractivity contribution is 0.0925. The molecule has 1 N–H and O–H groups in total. The van der Waals surface area contributed by atoms with Crippen molar-refractivity contribution in [2.45, 2.75) is 18.9 Å². The summed E-state index contributed by atoms with van der Waals surface area (Å²) in [6.07, 6.45) is 5.50. The van der Waals surface area contributed by atoms with Gasteiger partial charge in [-0.3, -0.25) is 9.48 Å². The molecule has 0 atom stereocenters. The molecule has 4 rings (SSSR count). The summed E-state index contributed by atoms with van der Waals surface area (Å²) in [7, 11) is 1.81. The van der Waals surface area contributed by atoms with E-state index in [1.165, 1.54) is 10.1 Å². The van der Waals surface area contributed by atoms with E-state index in [0.29, 0.717) is 5.69 Å². The van der Waals surface area contributed by atoms with Crippen LogP contribution in [0.3, 0.4) is 0 Å². The van der Waals surface area contributed by atoms with Gasteiger partial charge in [-0.15, -0.1) is 11.3 Å². The summed E-state index contributed by atoms with van der Waals surface area (Å²) in [6.45, 7) is 1.80. The Morgan fingerprint density at radius 2 is 2.12 bits per heavy atom. The predicted octanol–water partition coefficient (Wildman–Crippen LogP) is 2.43. The van der Waals surface area contributed by atoms with Gasteiger partial charge in [0.15, 0.2) is 0 Å². The number of amides is 1. The first-order valence-electron chi connectivity index (χ1n) is 8.08. The Bertz CT molecular complexity index is 863. The number of thiophene rings is 1. The Balaban J connectivity index is 1.40. The zero-order valence-electron chi connectivity index (χ0n) is 13.5. The summed E-state index contributed by atoms with van der Waals surface area (Å²) < 4.78 is 2.91. The zero-order chi connectivity index (χ0) is 16.5. The summed E-state index contributed by atoms with van der Waals surface area (Å²) in [6, 6.07) is 6.13. The number of anilines is 1. The van der Waals surface area contributed by atoms with E-state index < -0.39 is 0 Å². The highest BCUT2D eigenvalue weighted by Crippen LogP contribution is 2.30. The molecule has 7 heteroatoms. The fraction of sp³-hybridized carbons (Fsp3) is 0.353. The van der Waals surface area contributed by atoms with Gasteiger partial charge in [-0.2, -0.15) is 5.10 Å². The van der Waals surface area contributed by atoms with Crippen LogP contribution < -0.4 is 10.2 Å². The van der Waals surface area contributed by atoms with E-state index in [0.717, 1.165) is 31.7 Å². The highest BCUT2D eigenvalue weighted by Gasteiger charge is 2.23. The number of carbonyl (C=O) groups is 1. The van der Waals surface area contributed by atoms with Crippen LogP contribution >= 0.6 is 11.3 Å². The van der Waals surface area contributed by atoms with Crippen LogP contribution in [-0.2, 0) is 7.05 Å². The van der Waals surface area contributed by atoms with Crippen LogP contribution in [0.4, 0.5) is 5.82 Å². The molecule has 1 amide bonds. The minimum absolute atomic E-state index is 0.0906. The zero-order valence-corrected chi connectivity index (χ0v) is 14.3. The molecular weight excluding hydrogens is 322 g/mol. The first-order chi connectivity index (χ1) is 11.7. The van der Waals surface area contributed by atoms with Crippen LogP contribution in [0, 0.1) is 0 Å². The number of hydrogen-bond acceptors (Lipinski definition) is 5. The number of aromatic nitrogens is 3. The third-order valence-electron chi connectivity index (χ3n) is 4.43. The first-order valence-corrected chi connectivity index (χ1v) is 8.96. The number of nitrogens with zero attached hydrogens (tertiary/aromatic N) is 4. The van der Waals surface area contributed by atoms with E-state index in [-0.39, 0.29) is 11.9 Å². The quantitative estimate of drug-likeness (QED) is 0.795. The molecule has 0 bridgehead atoms. The van der Waals surface area contributed by atoms with E-state index in [1.807, 2.05) is 13.2 Å². The highest BCUT2D eigenvalue weighted by atomic mass is 32.1. The lowest BCUT2D eigenvalue weighted by atomic mass is 10.0. The van der Waals surface area contributed by atoms with Gasteiger partial charge in [0.05, 0.1) is 0 Å². The molecule has 1 aliphatic heterocycles. The average Bonchev–Trinajstić information content (AvgIpc) is 3.24. The Hall–Kier alpha value is -2.41. The SMILES string of the molecule is Cn1ccc(C(=O)NC2CCN(c3nccc4sccc34)CC2)n1. The van der Waals surface area contributed by atoms with Crippen molar-refractivity contribution in [2.24, 2.45) is 7.05 Å². The summed E-state index contributed by atoms with van der Waals surface area (Å²) >= 11 is 1.74. The van der Waals surface area contributed by atoms with E-state index >= 15 is 0 Å². The molecule has 0 saturated carbocycles.